The second kappa shape index (κ2) is 8.27. The SMILES string of the molecule is COc1ccccc1-n1cc(C(=O)N2C[C@H]3C[C@@H](C2)c2cccc(=O)n2C3)c2ccccc2c1=O. The highest BCUT2D eigenvalue weighted by molar-refractivity contribution is 6.06. The maximum atomic E-state index is 14.0. The van der Waals surface area contributed by atoms with Gasteiger partial charge in [0.15, 0.2) is 0 Å². The van der Waals surface area contributed by atoms with Crippen LogP contribution in [0.2, 0.25) is 0 Å². The number of rotatable bonds is 3. The first kappa shape index (κ1) is 21.4. The fraction of sp³-hybridized carbons (Fsp3) is 0.250. The van der Waals surface area contributed by atoms with Gasteiger partial charge in [-0.3, -0.25) is 19.0 Å². The number of benzene rings is 2. The van der Waals surface area contributed by atoms with Gasteiger partial charge in [-0.25, -0.2) is 0 Å². The number of fused-ring (bicyclic) bond motifs is 5. The van der Waals surface area contributed by atoms with Crippen molar-refractivity contribution in [2.24, 2.45) is 5.92 Å². The molecule has 0 N–H and O–H groups in total. The number of carbonyl (C=O) groups excluding carboxylic acids is 1. The number of likely N-dealkylation sites (tertiary alicyclic amines) is 1. The van der Waals surface area contributed by atoms with Gasteiger partial charge in [-0.15, -0.1) is 0 Å². The van der Waals surface area contributed by atoms with Crippen LogP contribution in [0.5, 0.6) is 5.75 Å². The van der Waals surface area contributed by atoms with Crippen molar-refractivity contribution in [2.75, 3.05) is 20.2 Å². The lowest BCUT2D eigenvalue weighted by Gasteiger charge is -2.42. The predicted octanol–water partition coefficient (Wildman–Crippen LogP) is 3.42. The fourth-order valence-corrected chi connectivity index (χ4v) is 5.70. The Kier molecular flexibility index (Phi) is 5.06. The summed E-state index contributed by atoms with van der Waals surface area (Å²) in [6, 6.07) is 19.9. The lowest BCUT2D eigenvalue weighted by atomic mass is 9.83. The molecule has 6 rings (SSSR count). The molecule has 1 saturated heterocycles. The van der Waals surface area contributed by atoms with Crippen molar-refractivity contribution in [2.45, 2.75) is 18.9 Å². The van der Waals surface area contributed by atoms with Crippen LogP contribution in [0.3, 0.4) is 0 Å². The molecule has 2 atom stereocenters. The third kappa shape index (κ3) is 3.46. The van der Waals surface area contributed by atoms with Crippen LogP contribution in [0.4, 0.5) is 0 Å². The molecule has 0 unspecified atom stereocenters. The van der Waals surface area contributed by atoms with E-state index >= 15 is 0 Å². The van der Waals surface area contributed by atoms with Crippen molar-refractivity contribution in [3.05, 3.63) is 105 Å². The topological polar surface area (TPSA) is 73.5 Å². The Hall–Kier alpha value is -4.13. The van der Waals surface area contributed by atoms with E-state index in [1.165, 1.54) is 4.57 Å². The number of carbonyl (C=O) groups is 1. The van der Waals surface area contributed by atoms with Crippen molar-refractivity contribution in [3.8, 4) is 11.4 Å². The molecule has 1 amide bonds. The molecule has 176 valence electrons. The normalized spacial score (nSPS) is 18.8. The first-order valence-corrected chi connectivity index (χ1v) is 11.8. The average Bonchev–Trinajstić information content (AvgIpc) is 2.89. The van der Waals surface area contributed by atoms with Crippen LogP contribution >= 0.6 is 0 Å². The van der Waals surface area contributed by atoms with E-state index in [2.05, 4.69) is 0 Å². The molecule has 7 nitrogen and oxygen atoms in total. The Morgan fingerprint density at radius 3 is 2.49 bits per heavy atom. The minimum absolute atomic E-state index is 0.0202. The number of amides is 1. The molecule has 4 heterocycles. The molecule has 4 aromatic rings. The van der Waals surface area contributed by atoms with E-state index in [1.807, 2.05) is 51.9 Å². The second-order valence-electron chi connectivity index (χ2n) is 9.34. The lowest BCUT2D eigenvalue weighted by Crippen LogP contribution is -2.49. The van der Waals surface area contributed by atoms with E-state index in [0.717, 1.165) is 12.1 Å². The van der Waals surface area contributed by atoms with Crippen LogP contribution < -0.4 is 15.9 Å². The van der Waals surface area contributed by atoms with E-state index < -0.39 is 0 Å². The Bertz CT molecular complexity index is 1590. The number of hydrogen-bond acceptors (Lipinski definition) is 4. The van der Waals surface area contributed by atoms with Crippen molar-refractivity contribution < 1.29 is 9.53 Å². The van der Waals surface area contributed by atoms with Gasteiger partial charge in [0.1, 0.15) is 5.75 Å². The molecule has 0 aliphatic carbocycles. The largest absolute Gasteiger partial charge is 0.495 e. The van der Waals surface area contributed by atoms with Gasteiger partial charge in [0, 0.05) is 54.3 Å². The van der Waals surface area contributed by atoms with E-state index in [-0.39, 0.29) is 28.9 Å². The van der Waals surface area contributed by atoms with Crippen LogP contribution in [0, 0.1) is 5.92 Å². The molecule has 2 bridgehead atoms. The van der Waals surface area contributed by atoms with Crippen molar-refractivity contribution in [1.29, 1.82) is 0 Å². The average molecular weight is 468 g/mol. The highest BCUT2D eigenvalue weighted by Crippen LogP contribution is 2.36. The van der Waals surface area contributed by atoms with Crippen LogP contribution in [0.25, 0.3) is 16.5 Å². The van der Waals surface area contributed by atoms with E-state index in [4.69, 9.17) is 4.74 Å². The Balaban J connectivity index is 1.46. The number of piperidine rings is 1. The molecule has 2 aliphatic rings. The highest BCUT2D eigenvalue weighted by Gasteiger charge is 2.37. The van der Waals surface area contributed by atoms with Crippen LogP contribution in [0.1, 0.15) is 28.4 Å². The number of hydrogen-bond donors (Lipinski definition) is 0. The van der Waals surface area contributed by atoms with Gasteiger partial charge in [-0.1, -0.05) is 36.4 Å². The monoisotopic (exact) mass is 467 g/mol. The molecule has 0 radical (unpaired) electrons. The summed E-state index contributed by atoms with van der Waals surface area (Å²) in [5.74, 6) is 0.785. The fourth-order valence-electron chi connectivity index (χ4n) is 5.70. The van der Waals surface area contributed by atoms with Gasteiger partial charge in [0.05, 0.1) is 18.4 Å². The summed E-state index contributed by atoms with van der Waals surface area (Å²) in [6.45, 7) is 1.75. The summed E-state index contributed by atoms with van der Waals surface area (Å²) in [4.78, 5) is 41.7. The third-order valence-electron chi connectivity index (χ3n) is 7.27. The van der Waals surface area contributed by atoms with Gasteiger partial charge < -0.3 is 14.2 Å². The van der Waals surface area contributed by atoms with Gasteiger partial charge in [0.2, 0.25) is 0 Å². The number of para-hydroxylation sites is 2. The second-order valence-corrected chi connectivity index (χ2v) is 9.34. The zero-order valence-electron chi connectivity index (χ0n) is 19.4. The Labute approximate surface area is 201 Å². The molecule has 2 aromatic carbocycles. The molecule has 0 saturated carbocycles. The van der Waals surface area contributed by atoms with Gasteiger partial charge in [-0.2, -0.15) is 0 Å². The van der Waals surface area contributed by atoms with Gasteiger partial charge in [0.25, 0.3) is 17.0 Å². The molecule has 0 spiro atoms. The number of ether oxygens (including phenoxy) is 1. The summed E-state index contributed by atoms with van der Waals surface area (Å²) in [5.41, 5.74) is 1.88. The Morgan fingerprint density at radius 2 is 1.66 bits per heavy atom. The first-order chi connectivity index (χ1) is 17.0. The standard InChI is InChI=1S/C28H25N3O4/c1-35-25-11-5-4-9-24(25)31-17-22(20-7-2-3-8-21(20)28(31)34)27(33)29-14-18-13-19(16-29)23-10-6-12-26(32)30(23)15-18/h2-12,17-19H,13-16H2,1H3/t18-,19+/m1/s1. The highest BCUT2D eigenvalue weighted by atomic mass is 16.5. The summed E-state index contributed by atoms with van der Waals surface area (Å²) >= 11 is 0. The van der Waals surface area contributed by atoms with Crippen molar-refractivity contribution >= 4 is 16.7 Å². The summed E-state index contributed by atoms with van der Waals surface area (Å²) in [7, 11) is 1.56. The van der Waals surface area contributed by atoms with Crippen LogP contribution in [-0.2, 0) is 6.54 Å². The van der Waals surface area contributed by atoms with Crippen LogP contribution in [0.15, 0.2) is 82.5 Å². The maximum Gasteiger partial charge on any atom is 0.263 e. The van der Waals surface area contributed by atoms with Crippen molar-refractivity contribution in [1.82, 2.24) is 14.0 Å². The molecule has 2 aromatic heterocycles. The smallest absolute Gasteiger partial charge is 0.263 e. The minimum atomic E-state index is -0.203. The lowest BCUT2D eigenvalue weighted by molar-refractivity contribution is 0.0596. The molecular weight excluding hydrogens is 442 g/mol. The molecule has 7 heteroatoms. The summed E-state index contributed by atoms with van der Waals surface area (Å²) in [6.07, 6.45) is 2.61. The number of pyridine rings is 2. The first-order valence-electron chi connectivity index (χ1n) is 11.8. The van der Waals surface area contributed by atoms with Gasteiger partial charge in [-0.05, 0) is 36.6 Å². The number of methoxy groups -OCH3 is 1. The van der Waals surface area contributed by atoms with Crippen LogP contribution in [-0.4, -0.2) is 40.1 Å². The molecule has 1 fully saturated rings. The third-order valence-corrected chi connectivity index (χ3v) is 7.27. The van der Waals surface area contributed by atoms with Crippen molar-refractivity contribution in [3.63, 3.8) is 0 Å². The zero-order valence-corrected chi connectivity index (χ0v) is 19.4. The van der Waals surface area contributed by atoms with E-state index in [0.29, 0.717) is 47.4 Å². The quantitative estimate of drug-likeness (QED) is 0.463. The van der Waals surface area contributed by atoms with Gasteiger partial charge >= 0.3 is 0 Å². The number of nitrogens with zero attached hydrogens (tertiary/aromatic N) is 3. The maximum absolute atomic E-state index is 14.0. The summed E-state index contributed by atoms with van der Waals surface area (Å²) < 4.78 is 8.86. The molecular formula is C28H25N3O4. The minimum Gasteiger partial charge on any atom is -0.495 e. The molecule has 2 aliphatic heterocycles. The Morgan fingerprint density at radius 1 is 0.886 bits per heavy atom. The summed E-state index contributed by atoms with van der Waals surface area (Å²) in [5, 5.41) is 1.12. The zero-order chi connectivity index (χ0) is 24.1. The van der Waals surface area contributed by atoms with E-state index in [9.17, 15) is 14.4 Å². The van der Waals surface area contributed by atoms with E-state index in [1.54, 1.807) is 37.6 Å². The number of aromatic nitrogens is 2. The molecule has 35 heavy (non-hydrogen) atoms. The predicted molar refractivity (Wildman–Crippen MR) is 134 cm³/mol.